The zero-order valence-electron chi connectivity index (χ0n) is 9.69. The number of nitrogens with one attached hydrogen (secondary N) is 1. The number of benzene rings is 1. The lowest BCUT2D eigenvalue weighted by Crippen LogP contribution is -2.44. The van der Waals surface area contributed by atoms with E-state index in [1.54, 1.807) is 0 Å². The molecule has 17 heavy (non-hydrogen) atoms. The number of anilines is 1. The Labute approximate surface area is 101 Å². The monoisotopic (exact) mass is 232 g/mol. The molecule has 0 aliphatic carbocycles. The summed E-state index contributed by atoms with van der Waals surface area (Å²) in [7, 11) is 0. The summed E-state index contributed by atoms with van der Waals surface area (Å²) >= 11 is 0. The van der Waals surface area contributed by atoms with E-state index in [-0.39, 0.29) is 11.9 Å². The Morgan fingerprint density at radius 1 is 1.35 bits per heavy atom. The van der Waals surface area contributed by atoms with Crippen LogP contribution in [0.5, 0.6) is 0 Å². The van der Waals surface area contributed by atoms with Gasteiger partial charge in [-0.05, 0) is 24.5 Å². The lowest BCUT2D eigenvalue weighted by atomic mass is 10.1. The van der Waals surface area contributed by atoms with Crippen molar-refractivity contribution in [3.8, 4) is 0 Å². The predicted molar refractivity (Wildman–Crippen MR) is 64.5 cm³/mol. The Hall–Kier alpha value is -1.55. The molecule has 1 aromatic carbocycles. The zero-order chi connectivity index (χ0) is 11.7. The summed E-state index contributed by atoms with van der Waals surface area (Å²) in [6.45, 7) is 1.37. The van der Waals surface area contributed by atoms with Crippen LogP contribution in [0.2, 0.25) is 0 Å². The van der Waals surface area contributed by atoms with Crippen molar-refractivity contribution in [2.75, 3.05) is 18.5 Å². The second kappa shape index (κ2) is 4.37. The summed E-state index contributed by atoms with van der Waals surface area (Å²) in [5, 5.41) is 4.78. The van der Waals surface area contributed by atoms with Gasteiger partial charge < -0.3 is 5.32 Å². The topological polar surface area (TPSA) is 41.6 Å². The largest absolute Gasteiger partial charge is 0.373 e. The molecule has 1 atom stereocenters. The van der Waals surface area contributed by atoms with Gasteiger partial charge in [0.25, 0.3) is 5.91 Å². The van der Waals surface area contributed by atoms with Gasteiger partial charge in [0.05, 0.1) is 6.61 Å². The van der Waals surface area contributed by atoms with Gasteiger partial charge in [0.2, 0.25) is 0 Å². The van der Waals surface area contributed by atoms with Gasteiger partial charge in [0, 0.05) is 18.7 Å². The molecule has 0 bridgehead atoms. The molecule has 4 nitrogen and oxygen atoms in total. The Bertz CT molecular complexity index is 402. The molecule has 1 saturated heterocycles. The van der Waals surface area contributed by atoms with Crippen LogP contribution in [0.3, 0.4) is 0 Å². The number of carbonyl (C=O) groups excluding carboxylic acids is 1. The fourth-order valence-electron chi connectivity index (χ4n) is 2.39. The lowest BCUT2D eigenvalue weighted by molar-refractivity contribution is -0.197. The van der Waals surface area contributed by atoms with Gasteiger partial charge in [0.1, 0.15) is 6.04 Å². The fourth-order valence-corrected chi connectivity index (χ4v) is 2.39. The summed E-state index contributed by atoms with van der Waals surface area (Å²) in [5.41, 5.74) is 2.28. The maximum atomic E-state index is 12.2. The number of para-hydroxylation sites is 1. The minimum atomic E-state index is -0.162. The Kier molecular flexibility index (Phi) is 2.73. The second-order valence-corrected chi connectivity index (χ2v) is 4.54. The SMILES string of the molecule is O=C([C@@H]1Cc2ccccc2N1)N1CCCCO1. The molecule has 1 amide bonds. The van der Waals surface area contributed by atoms with Gasteiger partial charge in [-0.1, -0.05) is 18.2 Å². The molecule has 1 N–H and O–H groups in total. The minimum Gasteiger partial charge on any atom is -0.373 e. The van der Waals surface area contributed by atoms with Crippen molar-refractivity contribution in [1.29, 1.82) is 0 Å². The molecule has 3 rings (SSSR count). The molecular weight excluding hydrogens is 216 g/mol. The van der Waals surface area contributed by atoms with Gasteiger partial charge in [-0.3, -0.25) is 9.63 Å². The highest BCUT2D eigenvalue weighted by Crippen LogP contribution is 2.26. The molecule has 0 aromatic heterocycles. The number of carbonyl (C=O) groups is 1. The van der Waals surface area contributed by atoms with E-state index in [9.17, 15) is 4.79 Å². The maximum absolute atomic E-state index is 12.2. The van der Waals surface area contributed by atoms with Gasteiger partial charge in [-0.15, -0.1) is 0 Å². The van der Waals surface area contributed by atoms with E-state index in [0.29, 0.717) is 13.2 Å². The normalized spacial score (nSPS) is 23.1. The first-order chi connectivity index (χ1) is 8.34. The average Bonchev–Trinajstić information content (AvgIpc) is 2.82. The van der Waals surface area contributed by atoms with E-state index in [2.05, 4.69) is 11.4 Å². The predicted octanol–water partition coefficient (Wildman–Crippen LogP) is 1.58. The quantitative estimate of drug-likeness (QED) is 0.799. The number of hydrogen-bond donors (Lipinski definition) is 1. The highest BCUT2D eigenvalue weighted by Gasteiger charge is 2.31. The van der Waals surface area contributed by atoms with E-state index in [1.807, 2.05) is 18.2 Å². The van der Waals surface area contributed by atoms with Crippen LogP contribution in [-0.4, -0.2) is 30.2 Å². The van der Waals surface area contributed by atoms with Crippen molar-refractivity contribution >= 4 is 11.6 Å². The summed E-state index contributed by atoms with van der Waals surface area (Å²) in [5.74, 6) is 0.0564. The highest BCUT2D eigenvalue weighted by atomic mass is 16.7. The summed E-state index contributed by atoms with van der Waals surface area (Å²) in [6.07, 6.45) is 2.84. The van der Waals surface area contributed by atoms with Crippen LogP contribution in [0.4, 0.5) is 5.69 Å². The Morgan fingerprint density at radius 2 is 2.24 bits per heavy atom. The van der Waals surface area contributed by atoms with Crippen molar-refractivity contribution in [2.24, 2.45) is 0 Å². The van der Waals surface area contributed by atoms with Crippen LogP contribution >= 0.6 is 0 Å². The smallest absolute Gasteiger partial charge is 0.268 e. The summed E-state index contributed by atoms with van der Waals surface area (Å²) < 4.78 is 0. The van der Waals surface area contributed by atoms with E-state index < -0.39 is 0 Å². The number of rotatable bonds is 1. The van der Waals surface area contributed by atoms with Crippen molar-refractivity contribution in [2.45, 2.75) is 25.3 Å². The number of hydrogen-bond acceptors (Lipinski definition) is 3. The molecule has 1 fully saturated rings. The zero-order valence-corrected chi connectivity index (χ0v) is 9.69. The third-order valence-electron chi connectivity index (χ3n) is 3.32. The number of hydroxylamine groups is 2. The van der Waals surface area contributed by atoms with Crippen LogP contribution in [0, 0.1) is 0 Å². The molecule has 0 saturated carbocycles. The van der Waals surface area contributed by atoms with E-state index >= 15 is 0 Å². The highest BCUT2D eigenvalue weighted by molar-refractivity contribution is 5.86. The minimum absolute atomic E-state index is 0.0564. The van der Waals surface area contributed by atoms with Crippen molar-refractivity contribution in [3.63, 3.8) is 0 Å². The third-order valence-corrected chi connectivity index (χ3v) is 3.32. The van der Waals surface area contributed by atoms with Gasteiger partial charge in [-0.25, -0.2) is 5.06 Å². The molecule has 90 valence electrons. The van der Waals surface area contributed by atoms with Gasteiger partial charge in [-0.2, -0.15) is 0 Å². The Balaban J connectivity index is 1.69. The first-order valence-corrected chi connectivity index (χ1v) is 6.13. The third kappa shape index (κ3) is 2.00. The number of nitrogens with zero attached hydrogens (tertiary/aromatic N) is 1. The number of amides is 1. The summed E-state index contributed by atoms with van der Waals surface area (Å²) in [6, 6.07) is 7.90. The van der Waals surface area contributed by atoms with Crippen molar-refractivity contribution < 1.29 is 9.63 Å². The lowest BCUT2D eigenvalue weighted by Gasteiger charge is -2.28. The molecule has 0 unspecified atom stereocenters. The molecule has 2 heterocycles. The average molecular weight is 232 g/mol. The van der Waals surface area contributed by atoms with Crippen LogP contribution in [-0.2, 0) is 16.1 Å². The van der Waals surface area contributed by atoms with Crippen molar-refractivity contribution in [3.05, 3.63) is 29.8 Å². The maximum Gasteiger partial charge on any atom is 0.268 e. The molecule has 4 heteroatoms. The molecular formula is C13H16N2O2. The Morgan fingerprint density at radius 3 is 3.00 bits per heavy atom. The van der Waals surface area contributed by atoms with Gasteiger partial charge >= 0.3 is 0 Å². The van der Waals surface area contributed by atoms with Gasteiger partial charge in [0.15, 0.2) is 0 Å². The molecule has 1 aromatic rings. The second-order valence-electron chi connectivity index (χ2n) is 4.54. The molecule has 0 spiro atoms. The van der Waals surface area contributed by atoms with Crippen LogP contribution < -0.4 is 5.32 Å². The first kappa shape index (κ1) is 10.6. The fraction of sp³-hybridized carbons (Fsp3) is 0.462. The standard InChI is InChI=1S/C13H16N2O2/c16-13(15-7-3-4-8-17-15)12-9-10-5-1-2-6-11(10)14-12/h1-2,5-6,12,14H,3-4,7-9H2/t12-/m0/s1. The van der Waals surface area contributed by atoms with E-state index in [1.165, 1.54) is 10.6 Å². The molecule has 2 aliphatic rings. The molecule has 2 aliphatic heterocycles. The van der Waals surface area contributed by atoms with Crippen LogP contribution in [0.25, 0.3) is 0 Å². The van der Waals surface area contributed by atoms with E-state index in [4.69, 9.17) is 4.84 Å². The van der Waals surface area contributed by atoms with Crippen LogP contribution in [0.15, 0.2) is 24.3 Å². The van der Waals surface area contributed by atoms with Crippen LogP contribution in [0.1, 0.15) is 18.4 Å². The van der Waals surface area contributed by atoms with E-state index in [0.717, 1.165) is 24.9 Å². The number of fused-ring (bicyclic) bond motifs is 1. The molecule has 0 radical (unpaired) electrons. The first-order valence-electron chi connectivity index (χ1n) is 6.13. The summed E-state index contributed by atoms with van der Waals surface area (Å²) in [4.78, 5) is 17.6. The van der Waals surface area contributed by atoms with Crippen molar-refractivity contribution in [1.82, 2.24) is 5.06 Å².